The van der Waals surface area contributed by atoms with Gasteiger partial charge in [-0.3, -0.25) is 0 Å². The van der Waals surface area contributed by atoms with Gasteiger partial charge in [-0.15, -0.1) is 0 Å². The number of hydrogen-bond donors (Lipinski definition) is 3. The Morgan fingerprint density at radius 2 is 1.96 bits per heavy atom. The van der Waals surface area contributed by atoms with Crippen molar-refractivity contribution in [2.24, 2.45) is 0 Å². The fraction of sp³-hybridized carbons (Fsp3) is 0.375. The van der Waals surface area contributed by atoms with Gasteiger partial charge in [-0.05, 0) is 31.5 Å². The van der Waals surface area contributed by atoms with Crippen molar-refractivity contribution in [3.63, 3.8) is 0 Å². The molecule has 8 nitrogen and oxygen atoms in total. The van der Waals surface area contributed by atoms with E-state index in [2.05, 4.69) is 20.3 Å². The zero-order chi connectivity index (χ0) is 18.3. The minimum atomic E-state index is -3.23. The van der Waals surface area contributed by atoms with E-state index in [-0.39, 0.29) is 30.9 Å². The lowest BCUT2D eigenvalue weighted by Crippen LogP contribution is -2.41. The molecule has 2 amide bonds. The summed E-state index contributed by atoms with van der Waals surface area (Å²) in [7, 11) is -3.23. The van der Waals surface area contributed by atoms with Crippen molar-refractivity contribution in [2.45, 2.75) is 19.9 Å². The summed E-state index contributed by atoms with van der Waals surface area (Å²) in [4.78, 5) is 15.9. The molecule has 0 aliphatic rings. The lowest BCUT2D eigenvalue weighted by atomic mass is 10.1. The topological polar surface area (TPSA) is 105 Å². The van der Waals surface area contributed by atoms with E-state index in [0.717, 1.165) is 11.3 Å². The van der Waals surface area contributed by atoms with Crippen molar-refractivity contribution in [3.8, 4) is 5.69 Å². The molecule has 1 atom stereocenters. The lowest BCUT2D eigenvalue weighted by molar-refractivity contribution is 0.238. The normalized spacial score (nSPS) is 12.6. The second kappa shape index (κ2) is 8.63. The number of rotatable bonds is 8. The maximum absolute atomic E-state index is 11.9. The van der Waals surface area contributed by atoms with E-state index in [0.29, 0.717) is 0 Å². The molecule has 0 aliphatic heterocycles. The Morgan fingerprint density at radius 1 is 1.24 bits per heavy atom. The van der Waals surface area contributed by atoms with Crippen LogP contribution in [0.25, 0.3) is 5.69 Å². The first-order chi connectivity index (χ1) is 11.9. The number of nitrogens with one attached hydrogen (secondary N) is 3. The molecule has 2 aromatic rings. The molecular weight excluding hydrogens is 342 g/mol. The molecule has 0 saturated heterocycles. The van der Waals surface area contributed by atoms with Crippen LogP contribution >= 0.6 is 0 Å². The number of aromatic nitrogens is 2. The molecule has 0 aliphatic carbocycles. The van der Waals surface area contributed by atoms with Crippen LogP contribution in [0.4, 0.5) is 4.79 Å². The zero-order valence-corrected chi connectivity index (χ0v) is 15.1. The Kier molecular flexibility index (Phi) is 6.54. The Bertz CT molecular complexity index is 773. The van der Waals surface area contributed by atoms with Crippen LogP contribution in [0.2, 0.25) is 0 Å². The highest BCUT2D eigenvalue weighted by molar-refractivity contribution is 7.89. The number of sulfonamides is 1. The molecule has 0 bridgehead atoms. The monoisotopic (exact) mass is 365 g/mol. The van der Waals surface area contributed by atoms with Gasteiger partial charge in [-0.25, -0.2) is 22.9 Å². The molecular formula is C16H23N5O3S. The summed E-state index contributed by atoms with van der Waals surface area (Å²) in [6, 6.07) is 7.26. The SMILES string of the molecule is CCS(=O)(=O)NCCNC(=O)NC(C)c1ccc(-n2ccnc2)cc1. The third-order valence-corrected chi connectivity index (χ3v) is 5.06. The Morgan fingerprint density at radius 3 is 2.56 bits per heavy atom. The maximum atomic E-state index is 11.9. The molecule has 1 aromatic heterocycles. The molecule has 25 heavy (non-hydrogen) atoms. The van der Waals surface area contributed by atoms with E-state index < -0.39 is 10.0 Å². The fourth-order valence-electron chi connectivity index (χ4n) is 2.16. The van der Waals surface area contributed by atoms with E-state index in [9.17, 15) is 13.2 Å². The third-order valence-electron chi connectivity index (χ3n) is 3.66. The molecule has 136 valence electrons. The predicted molar refractivity (Wildman–Crippen MR) is 96.0 cm³/mol. The molecule has 0 saturated carbocycles. The number of carbonyl (C=O) groups excluding carboxylic acids is 1. The first kappa shape index (κ1) is 18.9. The Labute approximate surface area is 147 Å². The molecule has 1 aromatic carbocycles. The predicted octanol–water partition coefficient (Wildman–Crippen LogP) is 1.17. The van der Waals surface area contributed by atoms with Gasteiger partial charge in [-0.1, -0.05) is 12.1 Å². The minimum Gasteiger partial charge on any atom is -0.337 e. The second-order valence-corrected chi connectivity index (χ2v) is 7.58. The molecule has 3 N–H and O–H groups in total. The summed E-state index contributed by atoms with van der Waals surface area (Å²) in [5.41, 5.74) is 1.95. The number of urea groups is 1. The third kappa shape index (κ3) is 5.87. The molecule has 0 radical (unpaired) electrons. The van der Waals surface area contributed by atoms with Gasteiger partial charge in [0, 0.05) is 31.2 Å². The number of nitrogens with zero attached hydrogens (tertiary/aromatic N) is 2. The average molecular weight is 365 g/mol. The first-order valence-corrected chi connectivity index (χ1v) is 9.66. The van der Waals surface area contributed by atoms with Crippen molar-refractivity contribution < 1.29 is 13.2 Å². The minimum absolute atomic E-state index is 0.0191. The van der Waals surface area contributed by atoms with E-state index in [1.807, 2.05) is 42.0 Å². The number of carbonyl (C=O) groups is 1. The van der Waals surface area contributed by atoms with Crippen molar-refractivity contribution >= 4 is 16.1 Å². The van der Waals surface area contributed by atoms with Crippen LogP contribution < -0.4 is 15.4 Å². The molecule has 0 fully saturated rings. The van der Waals surface area contributed by atoms with Crippen LogP contribution in [0.15, 0.2) is 43.0 Å². The molecule has 1 heterocycles. The number of amides is 2. The van der Waals surface area contributed by atoms with E-state index in [1.54, 1.807) is 19.4 Å². The van der Waals surface area contributed by atoms with Gasteiger partial charge in [0.15, 0.2) is 0 Å². The molecule has 1 unspecified atom stereocenters. The van der Waals surface area contributed by atoms with Crippen LogP contribution in [0, 0.1) is 0 Å². The number of hydrogen-bond acceptors (Lipinski definition) is 4. The van der Waals surface area contributed by atoms with E-state index >= 15 is 0 Å². The summed E-state index contributed by atoms with van der Waals surface area (Å²) in [5.74, 6) is 0.0191. The highest BCUT2D eigenvalue weighted by Crippen LogP contribution is 2.15. The van der Waals surface area contributed by atoms with Crippen LogP contribution in [0.3, 0.4) is 0 Å². The summed E-state index contributed by atoms with van der Waals surface area (Å²) in [6.45, 7) is 3.82. The fourth-order valence-corrected chi connectivity index (χ4v) is 2.78. The lowest BCUT2D eigenvalue weighted by Gasteiger charge is -2.16. The smallest absolute Gasteiger partial charge is 0.315 e. The van der Waals surface area contributed by atoms with Crippen LogP contribution in [0.5, 0.6) is 0 Å². The highest BCUT2D eigenvalue weighted by atomic mass is 32.2. The quantitative estimate of drug-likeness (QED) is 0.611. The van der Waals surface area contributed by atoms with Crippen LogP contribution in [0.1, 0.15) is 25.5 Å². The van der Waals surface area contributed by atoms with Gasteiger partial charge >= 0.3 is 6.03 Å². The molecule has 9 heteroatoms. The van der Waals surface area contributed by atoms with Gasteiger partial charge in [0.25, 0.3) is 0 Å². The van der Waals surface area contributed by atoms with Gasteiger partial charge in [0.1, 0.15) is 0 Å². The van der Waals surface area contributed by atoms with Crippen LogP contribution in [-0.4, -0.2) is 42.8 Å². The maximum Gasteiger partial charge on any atom is 0.315 e. The summed E-state index contributed by atoms with van der Waals surface area (Å²) in [6.07, 6.45) is 5.29. The van der Waals surface area contributed by atoms with E-state index in [1.165, 1.54) is 0 Å². The standard InChI is InChI=1S/C16H23N5O3S/c1-3-25(23,24)19-9-8-18-16(22)20-13(2)14-4-6-15(7-5-14)21-11-10-17-12-21/h4-7,10-13,19H,3,8-9H2,1-2H3,(H2,18,20,22). The van der Waals surface area contributed by atoms with Crippen molar-refractivity contribution in [3.05, 3.63) is 48.5 Å². The summed E-state index contributed by atoms with van der Waals surface area (Å²) < 4.78 is 26.8. The second-order valence-electron chi connectivity index (χ2n) is 5.48. The van der Waals surface area contributed by atoms with Crippen molar-refractivity contribution in [1.29, 1.82) is 0 Å². The summed E-state index contributed by atoms with van der Waals surface area (Å²) in [5, 5.41) is 5.44. The molecule has 0 spiro atoms. The first-order valence-electron chi connectivity index (χ1n) is 8.01. The zero-order valence-electron chi connectivity index (χ0n) is 14.3. The summed E-state index contributed by atoms with van der Waals surface area (Å²) >= 11 is 0. The van der Waals surface area contributed by atoms with Gasteiger partial charge in [0.2, 0.25) is 10.0 Å². The number of imidazole rings is 1. The van der Waals surface area contributed by atoms with Crippen molar-refractivity contribution in [1.82, 2.24) is 24.9 Å². The van der Waals surface area contributed by atoms with Crippen LogP contribution in [-0.2, 0) is 10.0 Å². The number of benzene rings is 1. The Balaban J connectivity index is 1.79. The average Bonchev–Trinajstić information content (AvgIpc) is 3.13. The molecule has 2 rings (SSSR count). The largest absolute Gasteiger partial charge is 0.337 e. The van der Waals surface area contributed by atoms with Gasteiger partial charge in [-0.2, -0.15) is 0 Å². The highest BCUT2D eigenvalue weighted by Gasteiger charge is 2.10. The Hall–Kier alpha value is -2.39. The van der Waals surface area contributed by atoms with E-state index in [4.69, 9.17) is 0 Å². The van der Waals surface area contributed by atoms with Gasteiger partial charge in [0.05, 0.1) is 18.1 Å². The van der Waals surface area contributed by atoms with Gasteiger partial charge < -0.3 is 15.2 Å². The van der Waals surface area contributed by atoms with Crippen molar-refractivity contribution in [2.75, 3.05) is 18.8 Å².